The molecular weight excluding hydrogens is 196 g/mol. The Kier molecular flexibility index (Phi) is 5.06. The molecule has 0 bridgehead atoms. The van der Waals surface area contributed by atoms with Crippen LogP contribution in [0.3, 0.4) is 0 Å². The summed E-state index contributed by atoms with van der Waals surface area (Å²) in [6.07, 6.45) is 1.56. The summed E-state index contributed by atoms with van der Waals surface area (Å²) in [7, 11) is 3.60. The van der Waals surface area contributed by atoms with Gasteiger partial charge in [-0.15, -0.1) is 5.10 Å². The second-order valence-electron chi connectivity index (χ2n) is 3.28. The Balaban J connectivity index is 2.39. The van der Waals surface area contributed by atoms with Crippen LogP contribution < -0.4 is 10.6 Å². The van der Waals surface area contributed by atoms with E-state index in [0.717, 1.165) is 19.6 Å². The molecule has 0 aliphatic rings. The fourth-order valence-corrected chi connectivity index (χ4v) is 1.17. The molecule has 15 heavy (non-hydrogen) atoms. The maximum atomic E-state index is 5.40. The number of hydrogen-bond acceptors (Lipinski definition) is 6. The maximum absolute atomic E-state index is 5.40. The van der Waals surface area contributed by atoms with E-state index in [9.17, 15) is 0 Å². The van der Waals surface area contributed by atoms with E-state index in [0.29, 0.717) is 24.9 Å². The first-order valence-electron chi connectivity index (χ1n) is 5.00. The van der Waals surface area contributed by atoms with Crippen molar-refractivity contribution in [1.29, 1.82) is 0 Å². The summed E-state index contributed by atoms with van der Waals surface area (Å²) in [6.45, 7) is 2.08. The Morgan fingerprint density at radius 1 is 1.47 bits per heavy atom. The highest BCUT2D eigenvalue weighted by Gasteiger charge is 2.09. The van der Waals surface area contributed by atoms with E-state index in [1.54, 1.807) is 7.11 Å². The van der Waals surface area contributed by atoms with Gasteiger partial charge < -0.3 is 19.8 Å². The molecule has 0 aliphatic carbocycles. The Morgan fingerprint density at radius 2 is 2.27 bits per heavy atom. The van der Waals surface area contributed by atoms with Gasteiger partial charge in [0.15, 0.2) is 0 Å². The molecular formula is C9H18N4O2. The number of hydrogen-bond donors (Lipinski definition) is 1. The summed E-state index contributed by atoms with van der Waals surface area (Å²) in [5.41, 5.74) is 5.39. The van der Waals surface area contributed by atoms with E-state index in [4.69, 9.17) is 14.9 Å². The van der Waals surface area contributed by atoms with Gasteiger partial charge in [-0.2, -0.15) is 0 Å². The normalized spacial score (nSPS) is 10.6. The average Bonchev–Trinajstić information content (AvgIpc) is 2.67. The molecule has 0 aromatic carbocycles. The summed E-state index contributed by atoms with van der Waals surface area (Å²) in [4.78, 5) is 1.91. The lowest BCUT2D eigenvalue weighted by molar-refractivity contribution is 0.196. The molecule has 1 heterocycles. The quantitative estimate of drug-likeness (QED) is 0.646. The predicted molar refractivity (Wildman–Crippen MR) is 56.8 cm³/mol. The Bertz CT molecular complexity index is 277. The molecule has 0 amide bonds. The van der Waals surface area contributed by atoms with Gasteiger partial charge in [0, 0.05) is 40.3 Å². The van der Waals surface area contributed by atoms with Gasteiger partial charge in [0.2, 0.25) is 5.89 Å². The van der Waals surface area contributed by atoms with Crippen LogP contribution in [0.4, 0.5) is 6.01 Å². The van der Waals surface area contributed by atoms with Crippen molar-refractivity contribution < 1.29 is 9.15 Å². The summed E-state index contributed by atoms with van der Waals surface area (Å²) < 4.78 is 10.4. The molecule has 2 N–H and O–H groups in total. The number of anilines is 1. The molecule has 0 saturated heterocycles. The van der Waals surface area contributed by atoms with Crippen LogP contribution >= 0.6 is 0 Å². The van der Waals surface area contributed by atoms with Crippen molar-refractivity contribution in [2.75, 3.05) is 38.8 Å². The van der Waals surface area contributed by atoms with Gasteiger partial charge in [-0.05, 0) is 6.42 Å². The van der Waals surface area contributed by atoms with Crippen LogP contribution in [0.25, 0.3) is 0 Å². The molecule has 0 saturated carbocycles. The zero-order chi connectivity index (χ0) is 11.1. The number of rotatable bonds is 7. The molecule has 1 aromatic rings. The standard InChI is InChI=1S/C9H18N4O2/c1-13(6-3-7-14-2)9-12-11-8(15-9)4-5-10/h3-7,10H2,1-2H3. The monoisotopic (exact) mass is 214 g/mol. The van der Waals surface area contributed by atoms with E-state index in [-0.39, 0.29) is 0 Å². The van der Waals surface area contributed by atoms with Gasteiger partial charge in [-0.25, -0.2) is 0 Å². The van der Waals surface area contributed by atoms with Crippen LogP contribution in [0.15, 0.2) is 4.42 Å². The molecule has 6 nitrogen and oxygen atoms in total. The first-order valence-corrected chi connectivity index (χ1v) is 5.00. The van der Waals surface area contributed by atoms with Crippen molar-refractivity contribution in [3.63, 3.8) is 0 Å². The topological polar surface area (TPSA) is 77.4 Å². The molecule has 0 unspecified atom stereocenters. The second-order valence-corrected chi connectivity index (χ2v) is 3.28. The number of nitrogens with zero attached hydrogens (tertiary/aromatic N) is 3. The molecule has 0 spiro atoms. The molecule has 1 aromatic heterocycles. The minimum absolute atomic E-state index is 0.523. The maximum Gasteiger partial charge on any atom is 0.317 e. The number of aromatic nitrogens is 2. The summed E-state index contributed by atoms with van der Waals surface area (Å²) in [5.74, 6) is 0.589. The highest BCUT2D eigenvalue weighted by atomic mass is 16.5. The third-order valence-electron chi connectivity index (χ3n) is 1.98. The minimum atomic E-state index is 0.523. The first-order chi connectivity index (χ1) is 7.27. The molecule has 6 heteroatoms. The molecule has 0 fully saturated rings. The van der Waals surface area contributed by atoms with Crippen molar-refractivity contribution in [1.82, 2.24) is 10.2 Å². The lowest BCUT2D eigenvalue weighted by Crippen LogP contribution is -2.19. The van der Waals surface area contributed by atoms with Gasteiger partial charge in [0.1, 0.15) is 0 Å². The van der Waals surface area contributed by atoms with Crippen molar-refractivity contribution in [2.24, 2.45) is 5.73 Å². The predicted octanol–water partition coefficient (Wildman–Crippen LogP) is 0.0435. The largest absolute Gasteiger partial charge is 0.408 e. The van der Waals surface area contributed by atoms with Crippen molar-refractivity contribution in [2.45, 2.75) is 12.8 Å². The van der Waals surface area contributed by atoms with E-state index >= 15 is 0 Å². The number of ether oxygens (including phenoxy) is 1. The van der Waals surface area contributed by atoms with E-state index < -0.39 is 0 Å². The van der Waals surface area contributed by atoms with Crippen LogP contribution in [-0.2, 0) is 11.2 Å². The fourth-order valence-electron chi connectivity index (χ4n) is 1.17. The highest BCUT2D eigenvalue weighted by molar-refractivity contribution is 5.21. The van der Waals surface area contributed by atoms with E-state index in [1.807, 2.05) is 11.9 Å². The van der Waals surface area contributed by atoms with Crippen LogP contribution in [-0.4, -0.2) is 44.1 Å². The van der Waals surface area contributed by atoms with Gasteiger partial charge in [-0.1, -0.05) is 5.10 Å². The van der Waals surface area contributed by atoms with Crippen molar-refractivity contribution >= 4 is 6.01 Å². The van der Waals surface area contributed by atoms with Gasteiger partial charge in [0.25, 0.3) is 0 Å². The van der Waals surface area contributed by atoms with Crippen LogP contribution in [0.2, 0.25) is 0 Å². The minimum Gasteiger partial charge on any atom is -0.408 e. The molecule has 1 rings (SSSR count). The fraction of sp³-hybridized carbons (Fsp3) is 0.778. The number of methoxy groups -OCH3 is 1. The Hall–Kier alpha value is -1.14. The third kappa shape index (κ3) is 3.85. The van der Waals surface area contributed by atoms with E-state index in [1.165, 1.54) is 0 Å². The summed E-state index contributed by atoms with van der Waals surface area (Å²) >= 11 is 0. The molecule has 0 atom stereocenters. The summed E-state index contributed by atoms with van der Waals surface area (Å²) in [6, 6.07) is 0.537. The van der Waals surface area contributed by atoms with Crippen molar-refractivity contribution in [3.05, 3.63) is 5.89 Å². The molecule has 86 valence electrons. The van der Waals surface area contributed by atoms with Crippen LogP contribution in [0.1, 0.15) is 12.3 Å². The first kappa shape index (κ1) is 11.9. The van der Waals surface area contributed by atoms with Crippen LogP contribution in [0.5, 0.6) is 0 Å². The van der Waals surface area contributed by atoms with Gasteiger partial charge in [-0.3, -0.25) is 0 Å². The smallest absolute Gasteiger partial charge is 0.317 e. The lowest BCUT2D eigenvalue weighted by atomic mass is 10.4. The molecule has 0 aliphatic heterocycles. The molecule has 0 radical (unpaired) electrons. The van der Waals surface area contributed by atoms with Crippen LogP contribution in [0, 0.1) is 0 Å². The van der Waals surface area contributed by atoms with E-state index in [2.05, 4.69) is 10.2 Å². The number of nitrogens with two attached hydrogens (primary N) is 1. The zero-order valence-electron chi connectivity index (χ0n) is 9.27. The highest BCUT2D eigenvalue weighted by Crippen LogP contribution is 2.10. The SMILES string of the molecule is COCCCN(C)c1nnc(CCN)o1. The Labute approximate surface area is 89.4 Å². The zero-order valence-corrected chi connectivity index (χ0v) is 9.27. The second kappa shape index (κ2) is 6.36. The van der Waals surface area contributed by atoms with Gasteiger partial charge >= 0.3 is 6.01 Å². The van der Waals surface area contributed by atoms with Gasteiger partial charge in [0.05, 0.1) is 0 Å². The van der Waals surface area contributed by atoms with Crippen molar-refractivity contribution in [3.8, 4) is 0 Å². The lowest BCUT2D eigenvalue weighted by Gasteiger charge is -2.12. The third-order valence-corrected chi connectivity index (χ3v) is 1.98. The Morgan fingerprint density at radius 3 is 2.93 bits per heavy atom. The average molecular weight is 214 g/mol. The summed E-state index contributed by atoms with van der Waals surface area (Å²) in [5, 5.41) is 7.81.